The van der Waals surface area contributed by atoms with Crippen molar-refractivity contribution < 1.29 is 4.74 Å². The van der Waals surface area contributed by atoms with Crippen LogP contribution in [0, 0.1) is 0 Å². The normalized spacial score (nSPS) is 29.6. The molecule has 18 heavy (non-hydrogen) atoms. The molecule has 0 bridgehead atoms. The first-order valence-corrected chi connectivity index (χ1v) is 6.52. The van der Waals surface area contributed by atoms with Gasteiger partial charge in [-0.1, -0.05) is 30.3 Å². The molecule has 0 amide bonds. The Morgan fingerprint density at radius 2 is 2.06 bits per heavy atom. The fourth-order valence-corrected chi connectivity index (χ4v) is 2.97. The zero-order valence-corrected chi connectivity index (χ0v) is 11.5. The van der Waals surface area contributed by atoms with Crippen molar-refractivity contribution in [2.45, 2.75) is 25.4 Å². The van der Waals surface area contributed by atoms with Gasteiger partial charge in [0.1, 0.15) is 0 Å². The van der Waals surface area contributed by atoms with Crippen LogP contribution in [0.25, 0.3) is 0 Å². The molecule has 2 fully saturated rings. The number of rotatable bonds is 2. The Labute approximate surface area is 116 Å². The van der Waals surface area contributed by atoms with Gasteiger partial charge in [0.25, 0.3) is 5.17 Å². The topological polar surface area (TPSA) is 36.5 Å². The standard InChI is InChI=1S/C12H13N3OS2/c1-12-9(16-11(18)14-12)13-10(17)15(12)7-8-5-3-2-4-6-8/h2-6,9H,7H2,1H3,(H,13,17)(H,14,18)/t9-,12-/m0/s1. The molecule has 0 radical (unpaired) electrons. The Morgan fingerprint density at radius 3 is 2.78 bits per heavy atom. The van der Waals surface area contributed by atoms with Crippen LogP contribution >= 0.6 is 24.4 Å². The Balaban J connectivity index is 1.87. The summed E-state index contributed by atoms with van der Waals surface area (Å²) in [4.78, 5) is 2.07. The van der Waals surface area contributed by atoms with Gasteiger partial charge < -0.3 is 20.3 Å². The van der Waals surface area contributed by atoms with Crippen LogP contribution in [0.2, 0.25) is 0 Å². The zero-order chi connectivity index (χ0) is 12.8. The molecule has 94 valence electrons. The third-order valence-corrected chi connectivity index (χ3v) is 3.87. The number of nitrogens with one attached hydrogen (secondary N) is 2. The highest BCUT2D eigenvalue weighted by Crippen LogP contribution is 2.30. The van der Waals surface area contributed by atoms with Gasteiger partial charge in [0.2, 0.25) is 6.23 Å². The maximum absolute atomic E-state index is 5.51. The van der Waals surface area contributed by atoms with Crippen LogP contribution < -0.4 is 10.6 Å². The van der Waals surface area contributed by atoms with Crippen molar-refractivity contribution in [2.75, 3.05) is 0 Å². The van der Waals surface area contributed by atoms with E-state index >= 15 is 0 Å². The molecule has 0 spiro atoms. The van der Waals surface area contributed by atoms with Crippen LogP contribution in [0.4, 0.5) is 0 Å². The second-order valence-electron chi connectivity index (χ2n) is 4.58. The number of ether oxygens (including phenoxy) is 1. The van der Waals surface area contributed by atoms with Crippen molar-refractivity contribution in [3.63, 3.8) is 0 Å². The average molecular weight is 279 g/mol. The highest BCUT2D eigenvalue weighted by Gasteiger charge is 2.54. The van der Waals surface area contributed by atoms with Crippen molar-refractivity contribution in [1.29, 1.82) is 0 Å². The zero-order valence-electron chi connectivity index (χ0n) is 9.84. The largest absolute Gasteiger partial charge is 0.442 e. The number of thiocarbonyl (C=S) groups is 2. The summed E-state index contributed by atoms with van der Waals surface area (Å²) in [5.74, 6) is 0. The van der Waals surface area contributed by atoms with Gasteiger partial charge in [-0.2, -0.15) is 0 Å². The van der Waals surface area contributed by atoms with Gasteiger partial charge in [0.15, 0.2) is 10.8 Å². The molecule has 2 saturated heterocycles. The minimum absolute atomic E-state index is 0.221. The van der Waals surface area contributed by atoms with E-state index in [9.17, 15) is 0 Å². The number of hydrogen-bond donors (Lipinski definition) is 2. The van der Waals surface area contributed by atoms with E-state index in [0.717, 1.165) is 6.54 Å². The summed E-state index contributed by atoms with van der Waals surface area (Å²) in [5, 5.41) is 7.41. The quantitative estimate of drug-likeness (QED) is 0.795. The van der Waals surface area contributed by atoms with Gasteiger partial charge >= 0.3 is 0 Å². The molecule has 0 aliphatic carbocycles. The summed E-state index contributed by atoms with van der Waals surface area (Å²) >= 11 is 10.4. The summed E-state index contributed by atoms with van der Waals surface area (Å²) < 4.78 is 5.51. The van der Waals surface area contributed by atoms with Gasteiger partial charge in [0.05, 0.1) is 0 Å². The number of fused-ring (bicyclic) bond motifs is 1. The lowest BCUT2D eigenvalue weighted by Gasteiger charge is -2.32. The minimum atomic E-state index is -0.413. The van der Waals surface area contributed by atoms with E-state index in [0.29, 0.717) is 10.3 Å². The van der Waals surface area contributed by atoms with Gasteiger partial charge in [0, 0.05) is 6.54 Å². The lowest BCUT2D eigenvalue weighted by Crippen LogP contribution is -2.54. The molecule has 6 heteroatoms. The van der Waals surface area contributed by atoms with Gasteiger partial charge in [-0.15, -0.1) is 0 Å². The van der Waals surface area contributed by atoms with Crippen LogP contribution in [0.1, 0.15) is 12.5 Å². The molecule has 0 aromatic heterocycles. The van der Waals surface area contributed by atoms with Crippen LogP contribution in [-0.2, 0) is 11.3 Å². The van der Waals surface area contributed by atoms with Crippen LogP contribution in [0.3, 0.4) is 0 Å². The van der Waals surface area contributed by atoms with E-state index in [1.165, 1.54) is 5.56 Å². The molecule has 1 aromatic rings. The highest BCUT2D eigenvalue weighted by atomic mass is 32.1. The van der Waals surface area contributed by atoms with Gasteiger partial charge in [-0.25, -0.2) is 0 Å². The molecule has 3 rings (SSSR count). The van der Waals surface area contributed by atoms with Crippen molar-refractivity contribution in [3.8, 4) is 0 Å². The average Bonchev–Trinajstić information content (AvgIpc) is 2.73. The van der Waals surface area contributed by atoms with Crippen molar-refractivity contribution in [3.05, 3.63) is 35.9 Å². The Bertz CT molecular complexity index is 507. The Morgan fingerprint density at radius 1 is 1.33 bits per heavy atom. The molecule has 2 N–H and O–H groups in total. The van der Waals surface area contributed by atoms with E-state index in [4.69, 9.17) is 29.2 Å². The molecular formula is C12H13N3OS2. The lowest BCUT2D eigenvalue weighted by molar-refractivity contribution is 0.0911. The van der Waals surface area contributed by atoms with Crippen molar-refractivity contribution in [1.82, 2.24) is 15.5 Å². The molecule has 0 saturated carbocycles. The van der Waals surface area contributed by atoms with E-state index < -0.39 is 5.66 Å². The van der Waals surface area contributed by atoms with E-state index in [1.54, 1.807) is 0 Å². The predicted molar refractivity (Wildman–Crippen MR) is 76.7 cm³/mol. The van der Waals surface area contributed by atoms with Crippen molar-refractivity contribution >= 4 is 34.7 Å². The predicted octanol–water partition coefficient (Wildman–Crippen LogP) is 1.32. The number of hydrogen-bond acceptors (Lipinski definition) is 3. The third kappa shape index (κ3) is 1.72. The molecule has 2 atom stereocenters. The summed E-state index contributed by atoms with van der Waals surface area (Å²) in [6.45, 7) is 2.75. The van der Waals surface area contributed by atoms with Gasteiger partial charge in [-0.05, 0) is 36.9 Å². The first-order chi connectivity index (χ1) is 8.59. The number of benzene rings is 1. The second kappa shape index (κ2) is 4.07. The minimum Gasteiger partial charge on any atom is -0.442 e. The molecular weight excluding hydrogens is 266 g/mol. The fraction of sp³-hybridized carbons (Fsp3) is 0.333. The SMILES string of the molecule is C[C@@]12NC(=S)O[C@@H]1NC(=S)N2Cc1ccccc1. The second-order valence-corrected chi connectivity index (χ2v) is 5.34. The molecule has 2 heterocycles. The van der Waals surface area contributed by atoms with Crippen LogP contribution in [0.5, 0.6) is 0 Å². The monoisotopic (exact) mass is 279 g/mol. The summed E-state index contributed by atoms with van der Waals surface area (Å²) in [6, 6.07) is 10.2. The van der Waals surface area contributed by atoms with E-state index in [2.05, 4.69) is 27.7 Å². The summed E-state index contributed by atoms with van der Waals surface area (Å²) in [7, 11) is 0. The molecule has 0 unspecified atom stereocenters. The Kier molecular flexibility index (Phi) is 2.64. The van der Waals surface area contributed by atoms with Crippen molar-refractivity contribution in [2.24, 2.45) is 0 Å². The maximum Gasteiger partial charge on any atom is 0.260 e. The van der Waals surface area contributed by atoms with Crippen LogP contribution in [0.15, 0.2) is 30.3 Å². The molecule has 2 aliphatic rings. The van der Waals surface area contributed by atoms with Gasteiger partial charge in [-0.3, -0.25) is 0 Å². The molecule has 4 nitrogen and oxygen atoms in total. The van der Waals surface area contributed by atoms with E-state index in [1.807, 2.05) is 25.1 Å². The van der Waals surface area contributed by atoms with E-state index in [-0.39, 0.29) is 6.23 Å². The third-order valence-electron chi connectivity index (χ3n) is 3.33. The number of nitrogens with zero attached hydrogens (tertiary/aromatic N) is 1. The summed E-state index contributed by atoms with van der Waals surface area (Å²) in [6.07, 6.45) is -0.221. The smallest absolute Gasteiger partial charge is 0.260 e. The summed E-state index contributed by atoms with van der Waals surface area (Å²) in [5.41, 5.74) is 0.785. The maximum atomic E-state index is 5.51. The van der Waals surface area contributed by atoms with Crippen LogP contribution in [-0.4, -0.2) is 27.1 Å². The highest BCUT2D eigenvalue weighted by molar-refractivity contribution is 7.80. The first kappa shape index (κ1) is 11.7. The first-order valence-electron chi connectivity index (χ1n) is 5.70. The molecule has 2 aliphatic heterocycles. The Hall–Kier alpha value is -1.40. The fourth-order valence-electron chi connectivity index (χ4n) is 2.31. The lowest BCUT2D eigenvalue weighted by atomic mass is 10.1. The molecule has 1 aromatic carbocycles.